The number of rotatable bonds is 7. The Morgan fingerprint density at radius 1 is 1.12 bits per heavy atom. The van der Waals surface area contributed by atoms with E-state index in [-0.39, 0.29) is 17.5 Å². The maximum atomic E-state index is 12.1. The minimum absolute atomic E-state index is 0.0201. The van der Waals surface area contributed by atoms with Crippen molar-refractivity contribution in [1.82, 2.24) is 10.6 Å². The van der Waals surface area contributed by atoms with Gasteiger partial charge in [0.05, 0.1) is 0 Å². The lowest BCUT2D eigenvalue weighted by Gasteiger charge is -2.12. The molecule has 1 unspecified atom stereocenters. The molecule has 0 bridgehead atoms. The summed E-state index contributed by atoms with van der Waals surface area (Å²) in [6.45, 7) is 2.48. The molecular formula is C20H21N3O. The number of hydrogen-bond donors (Lipinski definition) is 2. The summed E-state index contributed by atoms with van der Waals surface area (Å²) in [4.78, 5) is 12.1. The van der Waals surface area contributed by atoms with Crippen LogP contribution in [-0.4, -0.2) is 12.5 Å². The predicted molar refractivity (Wildman–Crippen MR) is 94.8 cm³/mol. The van der Waals surface area contributed by atoms with E-state index in [1.807, 2.05) is 73.7 Å². The Hall–Kier alpha value is -3.06. The third-order valence-corrected chi connectivity index (χ3v) is 3.68. The summed E-state index contributed by atoms with van der Waals surface area (Å²) >= 11 is 0. The second-order valence-corrected chi connectivity index (χ2v) is 5.46. The largest absolute Gasteiger partial charge is 0.383 e. The zero-order valence-corrected chi connectivity index (χ0v) is 13.7. The molecule has 2 aromatic rings. The van der Waals surface area contributed by atoms with E-state index < -0.39 is 0 Å². The molecule has 2 N–H and O–H groups in total. The summed E-state index contributed by atoms with van der Waals surface area (Å²) < 4.78 is 0. The quantitative estimate of drug-likeness (QED) is 0.609. The normalized spacial score (nSPS) is 12.1. The monoisotopic (exact) mass is 319 g/mol. The molecule has 0 radical (unpaired) electrons. The average Bonchev–Trinajstić information content (AvgIpc) is 2.63. The number of nitriles is 1. The molecule has 122 valence electrons. The smallest absolute Gasteiger partial charge is 0.263 e. The molecule has 0 aliphatic carbocycles. The van der Waals surface area contributed by atoms with Crippen LogP contribution in [0.25, 0.3) is 0 Å². The van der Waals surface area contributed by atoms with Gasteiger partial charge in [-0.3, -0.25) is 4.79 Å². The number of benzene rings is 2. The molecule has 1 amide bonds. The molecule has 0 saturated heterocycles. The van der Waals surface area contributed by atoms with Crippen molar-refractivity contribution in [3.63, 3.8) is 0 Å². The van der Waals surface area contributed by atoms with Crippen LogP contribution in [0.4, 0.5) is 0 Å². The number of nitrogens with one attached hydrogen (secondary N) is 2. The molecule has 0 heterocycles. The Morgan fingerprint density at radius 3 is 2.38 bits per heavy atom. The fourth-order valence-electron chi connectivity index (χ4n) is 2.26. The van der Waals surface area contributed by atoms with Crippen LogP contribution in [0.1, 0.15) is 24.1 Å². The molecule has 1 atom stereocenters. The van der Waals surface area contributed by atoms with E-state index >= 15 is 0 Å². The number of hydrogen-bond acceptors (Lipinski definition) is 3. The maximum absolute atomic E-state index is 12.1. The Bertz CT molecular complexity index is 718. The predicted octanol–water partition coefficient (Wildman–Crippen LogP) is 3.10. The summed E-state index contributed by atoms with van der Waals surface area (Å²) in [7, 11) is 0. The molecule has 4 nitrogen and oxygen atoms in total. The summed E-state index contributed by atoms with van der Waals surface area (Å²) in [5, 5.41) is 15.0. The Kier molecular flexibility index (Phi) is 6.60. The van der Waals surface area contributed by atoms with Gasteiger partial charge in [-0.1, -0.05) is 60.7 Å². The molecule has 2 aromatic carbocycles. The van der Waals surface area contributed by atoms with Gasteiger partial charge in [0.15, 0.2) is 0 Å². The van der Waals surface area contributed by atoms with Crippen molar-refractivity contribution in [3.05, 3.63) is 83.6 Å². The van der Waals surface area contributed by atoms with E-state index in [1.165, 1.54) is 6.20 Å². The number of carbonyl (C=O) groups excluding carboxylic acids is 1. The van der Waals surface area contributed by atoms with E-state index in [9.17, 15) is 10.1 Å². The fraction of sp³-hybridized carbons (Fsp3) is 0.200. The Balaban J connectivity index is 1.85. The average molecular weight is 319 g/mol. The van der Waals surface area contributed by atoms with Crippen molar-refractivity contribution in [2.75, 3.05) is 6.54 Å². The minimum Gasteiger partial charge on any atom is -0.383 e. The second kappa shape index (κ2) is 9.16. The first-order valence-corrected chi connectivity index (χ1v) is 7.94. The van der Waals surface area contributed by atoms with Crippen LogP contribution in [0.5, 0.6) is 0 Å². The number of carbonyl (C=O) groups is 1. The Labute approximate surface area is 142 Å². The van der Waals surface area contributed by atoms with Gasteiger partial charge < -0.3 is 10.6 Å². The first-order chi connectivity index (χ1) is 11.7. The molecule has 0 saturated carbocycles. The summed E-state index contributed by atoms with van der Waals surface area (Å²) in [6.07, 6.45) is 2.22. The van der Waals surface area contributed by atoms with E-state index in [2.05, 4.69) is 10.6 Å². The molecule has 24 heavy (non-hydrogen) atoms. The molecule has 0 spiro atoms. The van der Waals surface area contributed by atoms with Crippen LogP contribution < -0.4 is 10.6 Å². The van der Waals surface area contributed by atoms with Crippen molar-refractivity contribution >= 4 is 5.91 Å². The molecule has 0 aliphatic rings. The van der Waals surface area contributed by atoms with Crippen molar-refractivity contribution in [1.29, 1.82) is 5.26 Å². The van der Waals surface area contributed by atoms with Crippen LogP contribution in [0.2, 0.25) is 0 Å². The second-order valence-electron chi connectivity index (χ2n) is 5.46. The van der Waals surface area contributed by atoms with Crippen molar-refractivity contribution in [2.45, 2.75) is 19.4 Å². The first-order valence-electron chi connectivity index (χ1n) is 7.94. The van der Waals surface area contributed by atoms with E-state index in [0.29, 0.717) is 6.54 Å². The van der Waals surface area contributed by atoms with E-state index in [0.717, 1.165) is 17.5 Å². The molecule has 2 rings (SSSR count). The number of nitrogens with zero attached hydrogens (tertiary/aromatic N) is 1. The lowest BCUT2D eigenvalue weighted by atomic mass is 10.1. The van der Waals surface area contributed by atoms with Gasteiger partial charge in [0.25, 0.3) is 5.91 Å². The van der Waals surface area contributed by atoms with Gasteiger partial charge >= 0.3 is 0 Å². The van der Waals surface area contributed by atoms with Crippen LogP contribution in [0.3, 0.4) is 0 Å². The third kappa shape index (κ3) is 5.29. The summed E-state index contributed by atoms with van der Waals surface area (Å²) in [6, 6.07) is 21.7. The highest BCUT2D eigenvalue weighted by molar-refractivity contribution is 5.97. The van der Waals surface area contributed by atoms with E-state index in [1.54, 1.807) is 0 Å². The van der Waals surface area contributed by atoms with Crippen molar-refractivity contribution < 1.29 is 4.79 Å². The Morgan fingerprint density at radius 2 is 1.75 bits per heavy atom. The number of amides is 1. The van der Waals surface area contributed by atoms with Gasteiger partial charge in [0.2, 0.25) is 0 Å². The summed E-state index contributed by atoms with van der Waals surface area (Å²) in [5.74, 6) is -0.360. The highest BCUT2D eigenvalue weighted by atomic mass is 16.1. The topological polar surface area (TPSA) is 64.9 Å². The van der Waals surface area contributed by atoms with Crippen LogP contribution in [-0.2, 0) is 11.2 Å². The van der Waals surface area contributed by atoms with Gasteiger partial charge in [-0.05, 0) is 24.5 Å². The zero-order valence-electron chi connectivity index (χ0n) is 13.7. The van der Waals surface area contributed by atoms with Crippen molar-refractivity contribution in [2.24, 2.45) is 0 Å². The van der Waals surface area contributed by atoms with Crippen LogP contribution in [0.15, 0.2) is 72.4 Å². The minimum atomic E-state index is -0.360. The van der Waals surface area contributed by atoms with Crippen molar-refractivity contribution in [3.8, 4) is 6.07 Å². The molecular weight excluding hydrogens is 298 g/mol. The lowest BCUT2D eigenvalue weighted by Crippen LogP contribution is -2.28. The molecule has 0 aromatic heterocycles. The molecule has 0 fully saturated rings. The SMILES string of the molecule is CC(N/C=C(/C#N)C(=O)NCCc1ccccc1)c1ccccc1. The van der Waals surface area contributed by atoms with Gasteiger partial charge in [-0.2, -0.15) is 5.26 Å². The van der Waals surface area contributed by atoms with Gasteiger partial charge in [0.1, 0.15) is 11.6 Å². The standard InChI is InChI=1S/C20H21N3O/c1-16(18-10-6-3-7-11-18)23-15-19(14-21)20(24)22-13-12-17-8-4-2-5-9-17/h2-11,15-16,23H,12-13H2,1H3,(H,22,24)/b19-15-. The fourth-order valence-corrected chi connectivity index (χ4v) is 2.26. The van der Waals surface area contributed by atoms with Gasteiger partial charge in [-0.15, -0.1) is 0 Å². The van der Waals surface area contributed by atoms with Crippen LogP contribution >= 0.6 is 0 Å². The molecule has 4 heteroatoms. The highest BCUT2D eigenvalue weighted by Gasteiger charge is 2.09. The molecule has 0 aliphatic heterocycles. The van der Waals surface area contributed by atoms with Crippen LogP contribution in [0, 0.1) is 11.3 Å². The lowest BCUT2D eigenvalue weighted by molar-refractivity contribution is -0.117. The van der Waals surface area contributed by atoms with Gasteiger partial charge in [0, 0.05) is 18.8 Å². The zero-order chi connectivity index (χ0) is 17.2. The third-order valence-electron chi connectivity index (χ3n) is 3.68. The highest BCUT2D eigenvalue weighted by Crippen LogP contribution is 2.11. The maximum Gasteiger partial charge on any atom is 0.263 e. The first kappa shape index (κ1) is 17.3. The van der Waals surface area contributed by atoms with Gasteiger partial charge in [-0.25, -0.2) is 0 Å². The van der Waals surface area contributed by atoms with E-state index in [4.69, 9.17) is 0 Å². The summed E-state index contributed by atoms with van der Waals surface area (Å²) in [5.41, 5.74) is 2.32.